The van der Waals surface area contributed by atoms with Gasteiger partial charge in [-0.3, -0.25) is 4.90 Å². The molecule has 0 aliphatic carbocycles. The Morgan fingerprint density at radius 2 is 2.00 bits per heavy atom. The molecule has 3 aromatic heterocycles. The topological polar surface area (TPSA) is 80.4 Å². The molecule has 3 aromatic rings. The predicted molar refractivity (Wildman–Crippen MR) is 99.3 cm³/mol. The first kappa shape index (κ1) is 17.3. The highest BCUT2D eigenvalue weighted by atomic mass is 32.1. The molecule has 4 heterocycles. The number of ether oxygens (including phenoxy) is 1. The van der Waals surface area contributed by atoms with Crippen LogP contribution in [0.5, 0.6) is 0 Å². The molecule has 9 heteroatoms. The van der Waals surface area contributed by atoms with E-state index in [1.165, 1.54) is 0 Å². The molecule has 1 aliphatic rings. The third-order valence-corrected chi connectivity index (χ3v) is 5.29. The second kappa shape index (κ2) is 7.65. The number of hydrogen-bond donors (Lipinski definition) is 0. The fourth-order valence-corrected chi connectivity index (χ4v) is 3.91. The van der Waals surface area contributed by atoms with Crippen molar-refractivity contribution in [3.05, 3.63) is 29.0 Å². The summed E-state index contributed by atoms with van der Waals surface area (Å²) in [5.41, 5.74) is 0. The van der Waals surface area contributed by atoms with E-state index in [0.717, 1.165) is 54.5 Å². The second-order valence-corrected chi connectivity index (χ2v) is 7.15. The number of thiophene rings is 1. The zero-order valence-corrected chi connectivity index (χ0v) is 15.8. The summed E-state index contributed by atoms with van der Waals surface area (Å²) >= 11 is 1.68. The van der Waals surface area contributed by atoms with Gasteiger partial charge in [-0.25, -0.2) is 9.97 Å². The zero-order valence-electron chi connectivity index (χ0n) is 15.0. The molecule has 4 rings (SSSR count). The van der Waals surface area contributed by atoms with Gasteiger partial charge in [-0.1, -0.05) is 12.1 Å². The van der Waals surface area contributed by atoms with Gasteiger partial charge in [0, 0.05) is 39.7 Å². The van der Waals surface area contributed by atoms with Gasteiger partial charge in [0.1, 0.15) is 23.1 Å². The van der Waals surface area contributed by atoms with Gasteiger partial charge in [-0.15, -0.1) is 11.3 Å². The van der Waals surface area contributed by atoms with Crippen LogP contribution in [0, 0.1) is 0 Å². The Hall–Kier alpha value is -2.10. The summed E-state index contributed by atoms with van der Waals surface area (Å²) in [6.07, 6.45) is 0.849. The molecule has 0 bridgehead atoms. The van der Waals surface area contributed by atoms with Crippen LogP contribution in [0.15, 0.2) is 16.0 Å². The van der Waals surface area contributed by atoms with Gasteiger partial charge in [-0.05, 0) is 11.4 Å². The molecule has 0 N–H and O–H groups in total. The number of nitrogens with zero attached hydrogens (tertiary/aromatic N) is 6. The van der Waals surface area contributed by atoms with Crippen LogP contribution >= 0.6 is 11.3 Å². The maximum absolute atomic E-state index is 5.29. The van der Waals surface area contributed by atoms with E-state index in [0.29, 0.717) is 24.9 Å². The Kier molecular flexibility index (Phi) is 5.09. The minimum Gasteiger partial charge on any atom is -0.377 e. The van der Waals surface area contributed by atoms with Crippen LogP contribution in [-0.2, 0) is 24.3 Å². The zero-order chi connectivity index (χ0) is 17.9. The lowest BCUT2D eigenvalue weighted by atomic mass is 10.2. The number of aromatic nitrogens is 4. The van der Waals surface area contributed by atoms with E-state index in [-0.39, 0.29) is 0 Å². The van der Waals surface area contributed by atoms with Crippen LogP contribution < -0.4 is 4.90 Å². The number of piperazine rings is 1. The fourth-order valence-electron chi connectivity index (χ4n) is 3.13. The van der Waals surface area contributed by atoms with E-state index in [2.05, 4.69) is 43.3 Å². The van der Waals surface area contributed by atoms with Gasteiger partial charge in [0.15, 0.2) is 5.82 Å². The summed E-state index contributed by atoms with van der Waals surface area (Å²) in [6, 6.07) is 2.12. The summed E-state index contributed by atoms with van der Waals surface area (Å²) < 4.78 is 10.3. The Balaban J connectivity index is 1.42. The lowest BCUT2D eigenvalue weighted by Crippen LogP contribution is -2.46. The molecule has 0 saturated carbocycles. The van der Waals surface area contributed by atoms with Gasteiger partial charge in [0.2, 0.25) is 5.89 Å². The monoisotopic (exact) mass is 374 g/mol. The molecular formula is C17H22N6O2S. The smallest absolute Gasteiger partial charge is 0.240 e. The van der Waals surface area contributed by atoms with Gasteiger partial charge >= 0.3 is 0 Å². The molecule has 0 atom stereocenters. The van der Waals surface area contributed by atoms with Crippen LogP contribution in [0.3, 0.4) is 0 Å². The third kappa shape index (κ3) is 3.55. The van der Waals surface area contributed by atoms with Crippen molar-refractivity contribution in [1.82, 2.24) is 25.0 Å². The minimum absolute atomic E-state index is 0.376. The number of aryl methyl sites for hydroxylation is 1. The van der Waals surface area contributed by atoms with Gasteiger partial charge in [0.05, 0.1) is 11.9 Å². The lowest BCUT2D eigenvalue weighted by molar-refractivity contribution is 0.174. The lowest BCUT2D eigenvalue weighted by Gasteiger charge is -2.35. The predicted octanol–water partition coefficient (Wildman–Crippen LogP) is 2.11. The third-order valence-electron chi connectivity index (χ3n) is 4.48. The molecule has 0 radical (unpaired) electrons. The number of fused-ring (bicyclic) bond motifs is 1. The summed E-state index contributed by atoms with van der Waals surface area (Å²) in [4.78, 5) is 19.5. The first-order chi connectivity index (χ1) is 12.8. The van der Waals surface area contributed by atoms with Crippen molar-refractivity contribution >= 4 is 27.4 Å². The highest BCUT2D eigenvalue weighted by Crippen LogP contribution is 2.28. The summed E-state index contributed by atoms with van der Waals surface area (Å²) in [5.74, 6) is 3.21. The molecule has 138 valence electrons. The molecule has 26 heavy (non-hydrogen) atoms. The van der Waals surface area contributed by atoms with Crippen LogP contribution in [0.1, 0.15) is 24.5 Å². The van der Waals surface area contributed by atoms with E-state index in [9.17, 15) is 0 Å². The average molecular weight is 374 g/mol. The molecule has 1 saturated heterocycles. The van der Waals surface area contributed by atoms with Crippen molar-refractivity contribution in [3.8, 4) is 0 Å². The van der Waals surface area contributed by atoms with E-state index >= 15 is 0 Å². The van der Waals surface area contributed by atoms with Crippen molar-refractivity contribution in [2.24, 2.45) is 0 Å². The van der Waals surface area contributed by atoms with Gasteiger partial charge in [-0.2, -0.15) is 4.98 Å². The highest BCUT2D eigenvalue weighted by molar-refractivity contribution is 7.16. The van der Waals surface area contributed by atoms with E-state index in [4.69, 9.17) is 14.2 Å². The Morgan fingerprint density at radius 3 is 2.77 bits per heavy atom. The maximum atomic E-state index is 5.29. The number of methoxy groups -OCH3 is 1. The number of anilines is 1. The Bertz CT molecular complexity index is 871. The van der Waals surface area contributed by atoms with Crippen molar-refractivity contribution < 1.29 is 9.26 Å². The van der Waals surface area contributed by atoms with Crippen LogP contribution in [-0.4, -0.2) is 58.3 Å². The normalized spacial score (nSPS) is 15.8. The van der Waals surface area contributed by atoms with Crippen molar-refractivity contribution in [2.75, 3.05) is 38.2 Å². The second-order valence-electron chi connectivity index (χ2n) is 6.26. The highest BCUT2D eigenvalue weighted by Gasteiger charge is 2.22. The minimum atomic E-state index is 0.376. The van der Waals surface area contributed by atoms with E-state index < -0.39 is 0 Å². The Labute approximate surface area is 155 Å². The van der Waals surface area contributed by atoms with Gasteiger partial charge < -0.3 is 14.2 Å². The Morgan fingerprint density at radius 1 is 1.15 bits per heavy atom. The van der Waals surface area contributed by atoms with Crippen molar-refractivity contribution in [1.29, 1.82) is 0 Å². The largest absolute Gasteiger partial charge is 0.377 e. The molecular weight excluding hydrogens is 352 g/mol. The first-order valence-electron chi connectivity index (χ1n) is 8.78. The average Bonchev–Trinajstić information content (AvgIpc) is 3.31. The number of hydrogen-bond acceptors (Lipinski definition) is 9. The van der Waals surface area contributed by atoms with E-state index in [1.54, 1.807) is 18.4 Å². The van der Waals surface area contributed by atoms with Crippen LogP contribution in [0.25, 0.3) is 10.2 Å². The van der Waals surface area contributed by atoms with Crippen LogP contribution in [0.4, 0.5) is 5.82 Å². The van der Waals surface area contributed by atoms with Gasteiger partial charge in [0.25, 0.3) is 0 Å². The maximum Gasteiger partial charge on any atom is 0.240 e. The first-order valence-corrected chi connectivity index (χ1v) is 9.66. The quantitative estimate of drug-likeness (QED) is 0.649. The number of rotatable bonds is 6. The van der Waals surface area contributed by atoms with Crippen molar-refractivity contribution in [2.45, 2.75) is 26.5 Å². The van der Waals surface area contributed by atoms with Crippen LogP contribution in [0.2, 0.25) is 0 Å². The summed E-state index contributed by atoms with van der Waals surface area (Å²) in [7, 11) is 1.62. The molecule has 8 nitrogen and oxygen atoms in total. The fraction of sp³-hybridized carbons (Fsp3) is 0.529. The molecule has 0 aromatic carbocycles. The molecule has 0 spiro atoms. The SMILES string of the molecule is CCc1nc(N2CCN(Cc3nc(COC)no3)CC2)c2ccsc2n1. The summed E-state index contributed by atoms with van der Waals surface area (Å²) in [6.45, 7) is 6.84. The van der Waals surface area contributed by atoms with Crippen molar-refractivity contribution in [3.63, 3.8) is 0 Å². The van der Waals surface area contributed by atoms with E-state index in [1.807, 2.05) is 0 Å². The molecule has 0 amide bonds. The molecule has 1 fully saturated rings. The summed E-state index contributed by atoms with van der Waals surface area (Å²) in [5, 5.41) is 7.16. The molecule has 0 unspecified atom stereocenters. The standard InChI is InChI=1S/C17H22N6O2S/c1-3-13-19-16(12-4-9-26-17(12)20-13)23-7-5-22(6-8-23)10-15-18-14(11-24-2)21-25-15/h4,9H,3,5-8,10-11H2,1-2H3. The molecule has 1 aliphatic heterocycles.